The highest BCUT2D eigenvalue weighted by Gasteiger charge is 2.19. The summed E-state index contributed by atoms with van der Waals surface area (Å²) in [7, 11) is 0. The Morgan fingerprint density at radius 3 is 2.61 bits per heavy atom. The van der Waals surface area contributed by atoms with Gasteiger partial charge in [0.2, 0.25) is 0 Å². The van der Waals surface area contributed by atoms with Crippen LogP contribution in [0.5, 0.6) is 0 Å². The molecular formula is C25H23FN4O. The maximum Gasteiger partial charge on any atom is 0.141 e. The Hall–Kier alpha value is -3.80. The summed E-state index contributed by atoms with van der Waals surface area (Å²) < 4.78 is 18.9. The smallest absolute Gasteiger partial charge is 0.141 e. The molecule has 0 saturated heterocycles. The molecule has 1 aromatic carbocycles. The van der Waals surface area contributed by atoms with E-state index in [9.17, 15) is 4.39 Å². The van der Waals surface area contributed by atoms with Gasteiger partial charge < -0.3 is 9.51 Å². The fourth-order valence-corrected chi connectivity index (χ4v) is 3.91. The van der Waals surface area contributed by atoms with Crippen LogP contribution in [0.2, 0.25) is 0 Å². The summed E-state index contributed by atoms with van der Waals surface area (Å²) in [5.74, 6) is 1.15. The number of nitrogens with one attached hydrogen (secondary N) is 1. The number of pyridine rings is 1. The first-order valence-electron chi connectivity index (χ1n) is 9.96. The van der Waals surface area contributed by atoms with Crippen molar-refractivity contribution in [1.82, 2.24) is 15.1 Å². The van der Waals surface area contributed by atoms with Crippen molar-refractivity contribution >= 4 is 24.2 Å². The average Bonchev–Trinajstić information content (AvgIpc) is 3.28. The molecule has 4 aromatic rings. The summed E-state index contributed by atoms with van der Waals surface area (Å²) >= 11 is 0. The van der Waals surface area contributed by atoms with Crippen LogP contribution in [0, 0.1) is 19.7 Å². The first kappa shape index (κ1) is 20.5. The molecule has 156 valence electrons. The van der Waals surface area contributed by atoms with E-state index in [2.05, 4.69) is 32.9 Å². The van der Waals surface area contributed by atoms with Crippen LogP contribution in [-0.4, -0.2) is 21.8 Å². The zero-order valence-corrected chi connectivity index (χ0v) is 17.7. The van der Waals surface area contributed by atoms with E-state index in [1.807, 2.05) is 39.1 Å². The summed E-state index contributed by atoms with van der Waals surface area (Å²) in [6.45, 7) is 9.60. The van der Waals surface area contributed by atoms with E-state index >= 15 is 0 Å². The maximum absolute atomic E-state index is 13.5. The van der Waals surface area contributed by atoms with Gasteiger partial charge in [0.15, 0.2) is 0 Å². The molecule has 1 N–H and O–H groups in total. The molecule has 0 fully saturated rings. The highest BCUT2D eigenvalue weighted by molar-refractivity contribution is 5.88. The lowest BCUT2D eigenvalue weighted by molar-refractivity contribution is 0.393. The monoisotopic (exact) mass is 414 g/mol. The Labute approximate surface area is 180 Å². The fourth-order valence-electron chi connectivity index (χ4n) is 3.91. The normalized spacial score (nSPS) is 11.7. The number of hydrogen-bond acceptors (Lipinski definition) is 4. The zero-order chi connectivity index (χ0) is 22.0. The number of aliphatic imine (C=N–C) groups is 1. The van der Waals surface area contributed by atoms with Gasteiger partial charge in [-0.3, -0.25) is 4.98 Å². The second-order valence-corrected chi connectivity index (χ2v) is 7.47. The number of aromatic amines is 1. The van der Waals surface area contributed by atoms with Gasteiger partial charge in [0.1, 0.15) is 17.4 Å². The third-order valence-electron chi connectivity index (χ3n) is 5.31. The average molecular weight is 414 g/mol. The predicted octanol–water partition coefficient (Wildman–Crippen LogP) is 6.30. The van der Waals surface area contributed by atoms with Crippen LogP contribution in [0.15, 0.2) is 58.3 Å². The standard InChI is InChI=1S/C25H23FN4O/c1-15(23-16(2)30-31-17(23)3)12-22-21(13-18-6-5-11-28-14-18)24(29-25(22)27-4)19-7-9-20(26)10-8-19/h5-12,14,29H,4,13H2,1-3H3/b15-12+. The minimum absolute atomic E-state index is 0.277. The van der Waals surface area contributed by atoms with Crippen molar-refractivity contribution in [3.63, 3.8) is 0 Å². The summed E-state index contributed by atoms with van der Waals surface area (Å²) in [6, 6.07) is 10.4. The number of H-pyrrole nitrogens is 1. The van der Waals surface area contributed by atoms with Crippen LogP contribution >= 0.6 is 0 Å². The third-order valence-corrected chi connectivity index (χ3v) is 5.31. The van der Waals surface area contributed by atoms with Crippen molar-refractivity contribution in [2.75, 3.05) is 0 Å². The number of rotatable bonds is 6. The number of aromatic nitrogens is 3. The van der Waals surface area contributed by atoms with Gasteiger partial charge in [-0.1, -0.05) is 11.2 Å². The molecule has 0 atom stereocenters. The number of aryl methyl sites for hydroxylation is 2. The van der Waals surface area contributed by atoms with E-state index in [4.69, 9.17) is 4.52 Å². The molecule has 0 radical (unpaired) electrons. The molecule has 0 unspecified atom stereocenters. The summed E-state index contributed by atoms with van der Waals surface area (Å²) in [5.41, 5.74) is 7.60. The molecule has 6 heteroatoms. The molecule has 3 aromatic heterocycles. The molecule has 0 saturated carbocycles. The van der Waals surface area contributed by atoms with E-state index in [0.717, 1.165) is 50.5 Å². The minimum Gasteiger partial charge on any atom is -0.361 e. The lowest BCUT2D eigenvalue weighted by Crippen LogP contribution is -1.94. The molecule has 0 aliphatic carbocycles. The molecule has 5 nitrogen and oxygen atoms in total. The molecule has 0 spiro atoms. The quantitative estimate of drug-likeness (QED) is 0.376. The van der Waals surface area contributed by atoms with E-state index in [1.165, 1.54) is 12.1 Å². The van der Waals surface area contributed by atoms with E-state index in [0.29, 0.717) is 12.2 Å². The van der Waals surface area contributed by atoms with Crippen molar-refractivity contribution < 1.29 is 8.91 Å². The van der Waals surface area contributed by atoms with Crippen molar-refractivity contribution in [2.45, 2.75) is 27.2 Å². The Balaban J connectivity index is 1.91. The Bertz CT molecular complexity index is 1230. The van der Waals surface area contributed by atoms with Gasteiger partial charge in [0, 0.05) is 29.9 Å². The van der Waals surface area contributed by atoms with Crippen molar-refractivity contribution in [3.8, 4) is 11.3 Å². The van der Waals surface area contributed by atoms with Gasteiger partial charge in [-0.2, -0.15) is 0 Å². The minimum atomic E-state index is -0.277. The summed E-state index contributed by atoms with van der Waals surface area (Å²) in [4.78, 5) is 11.9. The van der Waals surface area contributed by atoms with Gasteiger partial charge >= 0.3 is 0 Å². The van der Waals surface area contributed by atoms with E-state index in [1.54, 1.807) is 18.3 Å². The van der Waals surface area contributed by atoms with Crippen molar-refractivity contribution in [3.05, 3.63) is 88.3 Å². The SMILES string of the molecule is C=Nc1[nH]c(-c2ccc(F)cc2)c(Cc2cccnc2)c1/C=C(\C)c1c(C)noc1C. The first-order valence-corrected chi connectivity index (χ1v) is 9.96. The molecule has 31 heavy (non-hydrogen) atoms. The van der Waals surface area contributed by atoms with E-state index < -0.39 is 0 Å². The fraction of sp³-hybridized carbons (Fsp3) is 0.160. The first-order chi connectivity index (χ1) is 15.0. The van der Waals surface area contributed by atoms with Gasteiger partial charge in [-0.25, -0.2) is 9.38 Å². The summed E-state index contributed by atoms with van der Waals surface area (Å²) in [6.07, 6.45) is 6.30. The van der Waals surface area contributed by atoms with Crippen LogP contribution in [0.1, 0.15) is 40.6 Å². The van der Waals surface area contributed by atoms with Crippen LogP contribution in [0.4, 0.5) is 10.2 Å². The largest absolute Gasteiger partial charge is 0.361 e. The van der Waals surface area contributed by atoms with Crippen LogP contribution < -0.4 is 0 Å². The Morgan fingerprint density at radius 2 is 2.00 bits per heavy atom. The van der Waals surface area contributed by atoms with E-state index in [-0.39, 0.29) is 5.82 Å². The topological polar surface area (TPSA) is 67.1 Å². The van der Waals surface area contributed by atoms with Gasteiger partial charge in [-0.15, -0.1) is 0 Å². The third kappa shape index (κ3) is 4.10. The Morgan fingerprint density at radius 1 is 1.23 bits per heavy atom. The maximum atomic E-state index is 13.5. The molecular weight excluding hydrogens is 391 g/mol. The number of allylic oxidation sites excluding steroid dienone is 1. The van der Waals surface area contributed by atoms with Crippen LogP contribution in [-0.2, 0) is 6.42 Å². The molecule has 3 heterocycles. The highest BCUT2D eigenvalue weighted by atomic mass is 19.1. The van der Waals surface area contributed by atoms with Crippen molar-refractivity contribution in [1.29, 1.82) is 0 Å². The zero-order valence-electron chi connectivity index (χ0n) is 17.7. The number of benzene rings is 1. The lowest BCUT2D eigenvalue weighted by Gasteiger charge is -2.08. The van der Waals surface area contributed by atoms with Gasteiger partial charge in [0.05, 0.1) is 11.4 Å². The molecule has 0 aliphatic heterocycles. The Kier molecular flexibility index (Phi) is 5.62. The molecule has 0 bridgehead atoms. The second kappa shape index (κ2) is 8.52. The lowest BCUT2D eigenvalue weighted by atomic mass is 9.96. The van der Waals surface area contributed by atoms with Gasteiger partial charge in [-0.05, 0) is 86.2 Å². The number of nitrogens with zero attached hydrogens (tertiary/aromatic N) is 3. The van der Waals surface area contributed by atoms with Gasteiger partial charge in [0.25, 0.3) is 0 Å². The highest BCUT2D eigenvalue weighted by Crippen LogP contribution is 2.37. The molecule has 4 rings (SSSR count). The number of hydrogen-bond donors (Lipinski definition) is 1. The second-order valence-electron chi connectivity index (χ2n) is 7.47. The molecule has 0 aliphatic rings. The van der Waals surface area contributed by atoms with Crippen molar-refractivity contribution in [2.24, 2.45) is 4.99 Å². The number of halogens is 1. The van der Waals surface area contributed by atoms with Crippen LogP contribution in [0.3, 0.4) is 0 Å². The predicted molar refractivity (Wildman–Crippen MR) is 122 cm³/mol. The molecule has 0 amide bonds. The van der Waals surface area contributed by atoms with Crippen LogP contribution in [0.25, 0.3) is 22.9 Å². The summed E-state index contributed by atoms with van der Waals surface area (Å²) in [5, 5.41) is 4.07.